The van der Waals surface area contributed by atoms with Crippen molar-refractivity contribution in [2.45, 2.75) is 6.92 Å². The van der Waals surface area contributed by atoms with Crippen LogP contribution in [0.5, 0.6) is 11.5 Å². The number of carbonyl (C=O) groups excluding carboxylic acids is 2. The SMILES string of the molecule is CCOc1cc(C=C2C(=O)Nc3ccccc32)ccc1OCC(=O)N1CCOCC1. The Morgan fingerprint density at radius 3 is 2.73 bits per heavy atom. The molecule has 0 radical (unpaired) electrons. The maximum atomic E-state index is 12.4. The van der Waals surface area contributed by atoms with Gasteiger partial charge in [-0.2, -0.15) is 0 Å². The molecule has 2 aliphatic heterocycles. The number of ether oxygens (including phenoxy) is 3. The van der Waals surface area contributed by atoms with Crippen LogP contribution in [0.3, 0.4) is 0 Å². The highest BCUT2D eigenvalue weighted by Crippen LogP contribution is 2.35. The molecule has 2 aromatic carbocycles. The van der Waals surface area contributed by atoms with Crippen molar-refractivity contribution < 1.29 is 23.8 Å². The Morgan fingerprint density at radius 1 is 1.13 bits per heavy atom. The molecule has 2 aromatic rings. The van der Waals surface area contributed by atoms with Crippen LogP contribution in [0.4, 0.5) is 5.69 Å². The predicted octanol–water partition coefficient (Wildman–Crippen LogP) is 2.82. The van der Waals surface area contributed by atoms with Crippen molar-refractivity contribution in [1.29, 1.82) is 0 Å². The highest BCUT2D eigenvalue weighted by Gasteiger charge is 2.23. The summed E-state index contributed by atoms with van der Waals surface area (Å²) < 4.78 is 16.7. The molecular weight excluding hydrogens is 384 g/mol. The fraction of sp³-hybridized carbons (Fsp3) is 0.304. The Kier molecular flexibility index (Phi) is 5.99. The highest BCUT2D eigenvalue weighted by atomic mass is 16.5. The number of para-hydroxylation sites is 1. The average molecular weight is 408 g/mol. The third-order valence-electron chi connectivity index (χ3n) is 5.00. The van der Waals surface area contributed by atoms with Crippen LogP contribution in [0.1, 0.15) is 18.1 Å². The molecule has 1 saturated heterocycles. The van der Waals surface area contributed by atoms with Crippen LogP contribution in [0.15, 0.2) is 42.5 Å². The summed E-state index contributed by atoms with van der Waals surface area (Å²) >= 11 is 0. The van der Waals surface area contributed by atoms with Crippen molar-refractivity contribution in [3.05, 3.63) is 53.6 Å². The third kappa shape index (κ3) is 4.31. The van der Waals surface area contributed by atoms with Crippen LogP contribution in [-0.4, -0.2) is 56.2 Å². The molecule has 2 aliphatic rings. The van der Waals surface area contributed by atoms with Gasteiger partial charge in [0, 0.05) is 29.9 Å². The molecule has 0 bridgehead atoms. The highest BCUT2D eigenvalue weighted by molar-refractivity contribution is 6.34. The molecule has 7 nitrogen and oxygen atoms in total. The van der Waals surface area contributed by atoms with Crippen LogP contribution < -0.4 is 14.8 Å². The second-order valence-corrected chi connectivity index (χ2v) is 6.98. The number of rotatable bonds is 6. The van der Waals surface area contributed by atoms with E-state index in [4.69, 9.17) is 14.2 Å². The van der Waals surface area contributed by atoms with Gasteiger partial charge in [-0.3, -0.25) is 9.59 Å². The van der Waals surface area contributed by atoms with Crippen LogP contribution in [0.2, 0.25) is 0 Å². The molecule has 30 heavy (non-hydrogen) atoms. The lowest BCUT2D eigenvalue weighted by Crippen LogP contribution is -2.43. The van der Waals surface area contributed by atoms with E-state index in [0.717, 1.165) is 16.8 Å². The quantitative estimate of drug-likeness (QED) is 0.744. The minimum atomic E-state index is -0.134. The van der Waals surface area contributed by atoms with E-state index >= 15 is 0 Å². The topological polar surface area (TPSA) is 77.1 Å². The van der Waals surface area contributed by atoms with E-state index in [0.29, 0.717) is 50.0 Å². The third-order valence-corrected chi connectivity index (χ3v) is 5.00. The first-order chi connectivity index (χ1) is 14.7. The van der Waals surface area contributed by atoms with Crippen LogP contribution >= 0.6 is 0 Å². The summed E-state index contributed by atoms with van der Waals surface area (Å²) in [6.45, 7) is 4.54. The lowest BCUT2D eigenvalue weighted by atomic mass is 10.0. The molecule has 4 rings (SSSR count). The predicted molar refractivity (Wildman–Crippen MR) is 113 cm³/mol. The van der Waals surface area contributed by atoms with E-state index in [2.05, 4.69) is 5.32 Å². The lowest BCUT2D eigenvalue weighted by molar-refractivity contribution is -0.137. The maximum Gasteiger partial charge on any atom is 0.260 e. The summed E-state index contributed by atoms with van der Waals surface area (Å²) in [7, 11) is 0. The molecule has 7 heteroatoms. The standard InChI is InChI=1S/C23H24N2O5/c1-2-29-21-14-16(13-18-17-5-3-4-6-19(17)24-23(18)27)7-8-20(21)30-15-22(26)25-9-11-28-12-10-25/h3-8,13-14H,2,9-12,15H2,1H3,(H,24,27). The molecule has 0 saturated carbocycles. The monoisotopic (exact) mass is 408 g/mol. The minimum absolute atomic E-state index is 0.0592. The Labute approximate surface area is 175 Å². The molecule has 1 N–H and O–H groups in total. The number of hydrogen-bond acceptors (Lipinski definition) is 5. The smallest absolute Gasteiger partial charge is 0.260 e. The van der Waals surface area contributed by atoms with Gasteiger partial charge in [0.2, 0.25) is 0 Å². The van der Waals surface area contributed by atoms with Gasteiger partial charge in [-0.15, -0.1) is 0 Å². The fourth-order valence-electron chi connectivity index (χ4n) is 3.49. The summed E-state index contributed by atoms with van der Waals surface area (Å²) in [5.41, 5.74) is 3.09. The number of nitrogens with one attached hydrogen (secondary N) is 1. The Morgan fingerprint density at radius 2 is 1.93 bits per heavy atom. The van der Waals surface area contributed by atoms with Crippen molar-refractivity contribution in [2.75, 3.05) is 44.8 Å². The van der Waals surface area contributed by atoms with Crippen LogP contribution in [-0.2, 0) is 14.3 Å². The van der Waals surface area contributed by atoms with Gasteiger partial charge in [-0.1, -0.05) is 24.3 Å². The Balaban J connectivity index is 1.52. The minimum Gasteiger partial charge on any atom is -0.490 e. The summed E-state index contributed by atoms with van der Waals surface area (Å²) in [5.74, 6) is 0.821. The number of benzene rings is 2. The van der Waals surface area contributed by atoms with E-state index in [-0.39, 0.29) is 18.4 Å². The average Bonchev–Trinajstić information content (AvgIpc) is 3.09. The van der Waals surface area contributed by atoms with Crippen molar-refractivity contribution in [1.82, 2.24) is 4.90 Å². The van der Waals surface area contributed by atoms with Crippen molar-refractivity contribution in [3.8, 4) is 11.5 Å². The first-order valence-electron chi connectivity index (χ1n) is 10.0. The normalized spacial score (nSPS) is 16.9. The zero-order chi connectivity index (χ0) is 20.9. The zero-order valence-corrected chi connectivity index (χ0v) is 16.8. The van der Waals surface area contributed by atoms with Gasteiger partial charge in [0.05, 0.1) is 19.8 Å². The number of carbonyl (C=O) groups is 2. The van der Waals surface area contributed by atoms with Gasteiger partial charge < -0.3 is 24.4 Å². The first kappa shape index (κ1) is 20.0. The first-order valence-corrected chi connectivity index (χ1v) is 10.0. The number of morpholine rings is 1. The molecule has 2 heterocycles. The van der Waals surface area contributed by atoms with Crippen LogP contribution in [0.25, 0.3) is 11.6 Å². The number of anilines is 1. The lowest BCUT2D eigenvalue weighted by Gasteiger charge is -2.26. The van der Waals surface area contributed by atoms with Gasteiger partial charge in [0.1, 0.15) is 0 Å². The fourth-order valence-corrected chi connectivity index (χ4v) is 3.49. The largest absolute Gasteiger partial charge is 0.490 e. The molecule has 0 atom stereocenters. The van der Waals surface area contributed by atoms with Crippen LogP contribution in [0, 0.1) is 0 Å². The van der Waals surface area contributed by atoms with Crippen molar-refractivity contribution in [2.24, 2.45) is 0 Å². The summed E-state index contributed by atoms with van der Waals surface area (Å²) in [5, 5.41) is 2.87. The second kappa shape index (κ2) is 9.00. The van der Waals surface area contributed by atoms with E-state index in [1.54, 1.807) is 11.0 Å². The number of fused-ring (bicyclic) bond motifs is 1. The van der Waals surface area contributed by atoms with Gasteiger partial charge >= 0.3 is 0 Å². The molecule has 0 aliphatic carbocycles. The van der Waals surface area contributed by atoms with E-state index in [9.17, 15) is 9.59 Å². The van der Waals surface area contributed by atoms with Gasteiger partial charge in [-0.25, -0.2) is 0 Å². The van der Waals surface area contributed by atoms with Gasteiger partial charge in [-0.05, 0) is 36.8 Å². The summed E-state index contributed by atoms with van der Waals surface area (Å²) in [6, 6.07) is 13.0. The summed E-state index contributed by atoms with van der Waals surface area (Å²) in [4.78, 5) is 26.4. The van der Waals surface area contributed by atoms with Crippen molar-refractivity contribution in [3.63, 3.8) is 0 Å². The van der Waals surface area contributed by atoms with E-state index in [1.165, 1.54) is 0 Å². The maximum absolute atomic E-state index is 12.4. The molecular formula is C23H24N2O5. The number of amides is 2. The zero-order valence-electron chi connectivity index (χ0n) is 16.8. The molecule has 0 unspecified atom stereocenters. The van der Waals surface area contributed by atoms with E-state index in [1.807, 2.05) is 49.4 Å². The van der Waals surface area contributed by atoms with E-state index < -0.39 is 0 Å². The van der Waals surface area contributed by atoms with Gasteiger partial charge in [0.25, 0.3) is 11.8 Å². The number of hydrogen-bond donors (Lipinski definition) is 1. The number of nitrogens with zero attached hydrogens (tertiary/aromatic N) is 1. The van der Waals surface area contributed by atoms with Gasteiger partial charge in [0.15, 0.2) is 18.1 Å². The molecule has 1 fully saturated rings. The Bertz CT molecular complexity index is 979. The van der Waals surface area contributed by atoms with Crippen molar-refractivity contribution >= 4 is 29.2 Å². The molecule has 2 amide bonds. The molecule has 0 spiro atoms. The molecule has 156 valence electrons. The Hall–Kier alpha value is -3.32. The molecule has 0 aromatic heterocycles. The second-order valence-electron chi connectivity index (χ2n) is 6.98. The summed E-state index contributed by atoms with van der Waals surface area (Å²) in [6.07, 6.45) is 1.83.